The monoisotopic (exact) mass is 451 g/mol. The van der Waals surface area contributed by atoms with Crippen molar-refractivity contribution < 1.29 is 24.3 Å². The Kier molecular flexibility index (Phi) is 6.33. The third-order valence-corrected chi connectivity index (χ3v) is 6.36. The molecule has 2 heterocycles. The maximum absolute atomic E-state index is 12.8. The van der Waals surface area contributed by atoms with Crippen molar-refractivity contribution in [3.05, 3.63) is 10.1 Å². The predicted octanol–water partition coefficient (Wildman–Crippen LogP) is 2.50. The summed E-state index contributed by atoms with van der Waals surface area (Å²) < 4.78 is -0.844. The van der Waals surface area contributed by atoms with Gasteiger partial charge in [0.1, 0.15) is 27.6 Å². The second-order valence-electron chi connectivity index (χ2n) is 8.08. The molecule has 156 valence electrons. The van der Waals surface area contributed by atoms with E-state index >= 15 is 0 Å². The van der Waals surface area contributed by atoms with Crippen LogP contribution in [0.25, 0.3) is 0 Å². The fraction of sp³-hybridized carbons (Fsp3) is 0.647. The van der Waals surface area contributed by atoms with E-state index < -0.39 is 45.6 Å². The highest BCUT2D eigenvalue weighted by atomic mass is 35.5. The molecule has 2 aliphatic rings. The van der Waals surface area contributed by atoms with Crippen LogP contribution in [-0.4, -0.2) is 61.3 Å². The van der Waals surface area contributed by atoms with Crippen molar-refractivity contribution in [2.45, 2.75) is 69.3 Å². The number of fused-ring (bicyclic) bond motifs is 1. The summed E-state index contributed by atoms with van der Waals surface area (Å²) in [6, 6.07) is -1.83. The number of amides is 2. The van der Waals surface area contributed by atoms with Gasteiger partial charge in [0.25, 0.3) is 5.91 Å². The highest BCUT2D eigenvalue weighted by molar-refractivity contribution is 8.01. The van der Waals surface area contributed by atoms with Crippen molar-refractivity contribution >= 4 is 58.5 Å². The number of rotatable bonds is 5. The number of thioether (sulfide) groups is 1. The number of carboxylic acids is 1. The lowest BCUT2D eigenvalue weighted by atomic mass is 9.96. The highest BCUT2D eigenvalue weighted by Crippen LogP contribution is 2.50. The lowest BCUT2D eigenvalue weighted by Crippen LogP contribution is -2.71. The zero-order chi connectivity index (χ0) is 21.6. The SMILES string of the molecule is CC(=C(Cl)Cl)/C(=N/OC(C)(C)C)C(=O)N[C@@H]1C(=O)N2[C@@H]1SC(C)(C)[C@@H]2C(=O)O. The molecule has 0 unspecified atom stereocenters. The van der Waals surface area contributed by atoms with Crippen LogP contribution in [0.3, 0.4) is 0 Å². The molecule has 28 heavy (non-hydrogen) atoms. The van der Waals surface area contributed by atoms with E-state index in [0.717, 1.165) is 0 Å². The number of nitrogens with one attached hydrogen (secondary N) is 1. The van der Waals surface area contributed by atoms with E-state index in [1.54, 1.807) is 34.6 Å². The maximum Gasteiger partial charge on any atom is 0.327 e. The van der Waals surface area contributed by atoms with E-state index in [1.165, 1.54) is 23.6 Å². The minimum absolute atomic E-state index is 0.154. The fourth-order valence-corrected chi connectivity index (χ4v) is 4.71. The van der Waals surface area contributed by atoms with Gasteiger partial charge in [-0.1, -0.05) is 28.4 Å². The molecule has 0 aromatic heterocycles. The van der Waals surface area contributed by atoms with Crippen LogP contribution in [0.1, 0.15) is 41.5 Å². The average molecular weight is 452 g/mol. The van der Waals surface area contributed by atoms with E-state index in [9.17, 15) is 19.5 Å². The molecule has 8 nitrogen and oxygen atoms in total. The second kappa shape index (κ2) is 7.76. The van der Waals surface area contributed by atoms with E-state index in [2.05, 4.69) is 10.5 Å². The van der Waals surface area contributed by atoms with Gasteiger partial charge in [-0.3, -0.25) is 9.59 Å². The molecule has 0 spiro atoms. The van der Waals surface area contributed by atoms with E-state index in [4.69, 9.17) is 28.0 Å². The van der Waals surface area contributed by atoms with Gasteiger partial charge in [-0.15, -0.1) is 11.8 Å². The van der Waals surface area contributed by atoms with Crippen molar-refractivity contribution in [3.8, 4) is 0 Å². The standard InChI is InChI=1S/C17H23Cl2N3O5S/c1-7(11(18)19)8(21-27-16(2,3)4)12(23)20-9-13(24)22-10(15(25)26)17(5,6)28-14(9)22/h9-10,14H,1-6H3,(H,20,23)(H,25,26)/b21-8-/t9-,10+,14-/m1/s1. The van der Waals surface area contributed by atoms with Gasteiger partial charge < -0.3 is 20.2 Å². The molecule has 0 bridgehead atoms. The Balaban J connectivity index is 2.22. The molecule has 2 fully saturated rings. The molecule has 0 aromatic rings. The summed E-state index contributed by atoms with van der Waals surface area (Å²) in [5.41, 5.74) is -0.622. The Morgan fingerprint density at radius 3 is 2.36 bits per heavy atom. The van der Waals surface area contributed by atoms with Crippen LogP contribution in [0.4, 0.5) is 0 Å². The molecule has 3 atom stereocenters. The number of carbonyl (C=O) groups is 3. The molecule has 2 amide bonds. The average Bonchev–Trinajstić information content (AvgIpc) is 2.79. The summed E-state index contributed by atoms with van der Waals surface area (Å²) in [5.74, 6) is -2.22. The van der Waals surface area contributed by atoms with Gasteiger partial charge in [-0.25, -0.2) is 4.79 Å². The largest absolute Gasteiger partial charge is 0.480 e. The quantitative estimate of drug-likeness (QED) is 0.377. The maximum atomic E-state index is 12.8. The van der Waals surface area contributed by atoms with Crippen LogP contribution in [0.2, 0.25) is 0 Å². The molecule has 2 aliphatic heterocycles. The Morgan fingerprint density at radius 2 is 1.89 bits per heavy atom. The smallest absolute Gasteiger partial charge is 0.327 e. The van der Waals surface area contributed by atoms with Crippen LogP contribution in [0.15, 0.2) is 15.2 Å². The summed E-state index contributed by atoms with van der Waals surface area (Å²) in [5, 5.41) is 15.4. The third-order valence-electron chi connectivity index (χ3n) is 4.23. The first-order valence-corrected chi connectivity index (χ1v) is 10.1. The third kappa shape index (κ3) is 4.41. The minimum Gasteiger partial charge on any atom is -0.480 e. The molecule has 0 radical (unpaired) electrons. The Morgan fingerprint density at radius 1 is 1.32 bits per heavy atom. The summed E-state index contributed by atoms with van der Waals surface area (Å²) in [6.45, 7) is 10.3. The van der Waals surface area contributed by atoms with Crippen molar-refractivity contribution in [2.75, 3.05) is 0 Å². The number of β-lactam (4-membered cyclic amide) rings is 1. The first-order valence-electron chi connectivity index (χ1n) is 8.49. The van der Waals surface area contributed by atoms with E-state index in [1.807, 2.05) is 0 Å². The van der Waals surface area contributed by atoms with Gasteiger partial charge in [0.2, 0.25) is 5.91 Å². The Bertz CT molecular complexity index is 771. The first-order chi connectivity index (χ1) is 12.7. The van der Waals surface area contributed by atoms with Gasteiger partial charge in [0.05, 0.1) is 0 Å². The molecule has 0 saturated carbocycles. The van der Waals surface area contributed by atoms with Crippen LogP contribution in [0.5, 0.6) is 0 Å². The van der Waals surface area contributed by atoms with Crippen LogP contribution >= 0.6 is 35.0 Å². The van der Waals surface area contributed by atoms with Crippen LogP contribution in [0, 0.1) is 0 Å². The predicted molar refractivity (Wildman–Crippen MR) is 108 cm³/mol. The fourth-order valence-electron chi connectivity index (χ4n) is 2.91. The summed E-state index contributed by atoms with van der Waals surface area (Å²) in [7, 11) is 0. The number of aliphatic carboxylic acids is 1. The lowest BCUT2D eigenvalue weighted by molar-refractivity contribution is -0.160. The van der Waals surface area contributed by atoms with E-state index in [-0.39, 0.29) is 15.8 Å². The Hall–Kier alpha value is -1.45. The number of carbonyl (C=O) groups excluding carboxylic acids is 2. The van der Waals surface area contributed by atoms with Crippen molar-refractivity contribution in [1.29, 1.82) is 0 Å². The zero-order valence-electron chi connectivity index (χ0n) is 16.4. The molecule has 2 N–H and O–H groups in total. The number of hydrogen-bond donors (Lipinski definition) is 2. The summed E-state index contributed by atoms with van der Waals surface area (Å²) in [6.07, 6.45) is 0. The first kappa shape index (κ1) is 22.8. The molecule has 11 heteroatoms. The highest BCUT2D eigenvalue weighted by Gasteiger charge is 2.64. The van der Waals surface area contributed by atoms with Crippen molar-refractivity contribution in [2.24, 2.45) is 5.16 Å². The van der Waals surface area contributed by atoms with Crippen molar-refractivity contribution in [1.82, 2.24) is 10.2 Å². The number of halogens is 2. The van der Waals surface area contributed by atoms with Crippen molar-refractivity contribution in [3.63, 3.8) is 0 Å². The summed E-state index contributed by atoms with van der Waals surface area (Å²) in [4.78, 5) is 43.4. The van der Waals surface area contributed by atoms with Crippen LogP contribution in [-0.2, 0) is 19.2 Å². The molecular weight excluding hydrogens is 429 g/mol. The molecule has 2 rings (SSSR count). The van der Waals surface area contributed by atoms with Gasteiger partial charge >= 0.3 is 5.97 Å². The number of hydrogen-bond acceptors (Lipinski definition) is 6. The minimum atomic E-state index is -1.08. The number of carboxylic acid groups (broad SMARTS) is 1. The van der Waals surface area contributed by atoms with Gasteiger partial charge in [0, 0.05) is 10.3 Å². The zero-order valence-corrected chi connectivity index (χ0v) is 18.7. The van der Waals surface area contributed by atoms with E-state index in [0.29, 0.717) is 0 Å². The lowest BCUT2D eigenvalue weighted by Gasteiger charge is -2.43. The van der Waals surface area contributed by atoms with Gasteiger partial charge in [-0.2, -0.15) is 0 Å². The normalized spacial score (nSPS) is 26.3. The molecule has 0 aromatic carbocycles. The summed E-state index contributed by atoms with van der Waals surface area (Å²) >= 11 is 12.9. The van der Waals surface area contributed by atoms with Crippen LogP contribution < -0.4 is 5.32 Å². The van der Waals surface area contributed by atoms with Gasteiger partial charge in [0.15, 0.2) is 5.71 Å². The molecule has 0 aliphatic carbocycles. The Labute approximate surface area is 177 Å². The molecule has 2 saturated heterocycles. The number of nitrogens with zero attached hydrogens (tertiary/aromatic N) is 2. The number of oxime groups is 1. The second-order valence-corrected chi connectivity index (χ2v) is 10.8. The topological polar surface area (TPSA) is 108 Å². The molecular formula is C17H23Cl2N3O5S. The van der Waals surface area contributed by atoms with Gasteiger partial charge in [-0.05, 0) is 41.5 Å².